The van der Waals surface area contributed by atoms with E-state index in [4.69, 9.17) is 15.3 Å². The number of ketones is 1. The zero-order valence-electron chi connectivity index (χ0n) is 10.9. The molecule has 1 rings (SSSR count). The number of hydrogen-bond acceptors (Lipinski definition) is 7. The number of carbonyl (C=O) groups is 3. The Balaban J connectivity index is 3.11. The number of benzene rings is 1. The van der Waals surface area contributed by atoms with Crippen molar-refractivity contribution in [2.75, 3.05) is 0 Å². The molecule has 0 spiro atoms. The summed E-state index contributed by atoms with van der Waals surface area (Å²) in [6, 6.07) is 3.38. The molecule has 0 bridgehead atoms. The Kier molecular flexibility index (Phi) is 4.87. The topological polar surface area (TPSA) is 173 Å². The van der Waals surface area contributed by atoms with Gasteiger partial charge in [-0.25, -0.2) is 9.59 Å². The molecule has 0 aliphatic rings. The molecule has 0 heterocycles. The SMILES string of the molecule is O=C(O)C(O)C(O)(C(=O)O)C(=O)/C=C/c1ccc(O)c(O)c1. The number of aliphatic carboxylic acids is 2. The Morgan fingerprint density at radius 3 is 2.14 bits per heavy atom. The second-order valence-electron chi connectivity index (χ2n) is 4.26. The highest BCUT2D eigenvalue weighted by Gasteiger charge is 2.53. The van der Waals surface area contributed by atoms with E-state index < -0.39 is 40.9 Å². The van der Waals surface area contributed by atoms with E-state index in [9.17, 15) is 29.7 Å². The number of carboxylic acids is 2. The molecule has 0 saturated heterocycles. The van der Waals surface area contributed by atoms with Gasteiger partial charge in [-0.2, -0.15) is 0 Å². The van der Waals surface area contributed by atoms with Gasteiger partial charge in [0.25, 0.3) is 5.60 Å². The fraction of sp³-hybridized carbons (Fsp3) is 0.154. The second kappa shape index (κ2) is 6.24. The lowest BCUT2D eigenvalue weighted by atomic mass is 9.91. The summed E-state index contributed by atoms with van der Waals surface area (Å²) in [4.78, 5) is 33.2. The first-order valence-corrected chi connectivity index (χ1v) is 5.71. The van der Waals surface area contributed by atoms with Crippen molar-refractivity contribution in [2.45, 2.75) is 11.7 Å². The van der Waals surface area contributed by atoms with Crippen LogP contribution < -0.4 is 0 Å². The maximum Gasteiger partial charge on any atom is 0.347 e. The fourth-order valence-corrected chi connectivity index (χ4v) is 1.48. The smallest absolute Gasteiger partial charge is 0.347 e. The molecule has 2 atom stereocenters. The molecule has 0 radical (unpaired) electrons. The normalized spacial score (nSPS) is 15.2. The number of carbonyl (C=O) groups excluding carboxylic acids is 1. The second-order valence-corrected chi connectivity index (χ2v) is 4.26. The first kappa shape index (κ1) is 17.1. The van der Waals surface area contributed by atoms with E-state index in [2.05, 4.69) is 0 Å². The van der Waals surface area contributed by atoms with E-state index in [0.29, 0.717) is 6.08 Å². The van der Waals surface area contributed by atoms with Crippen molar-refractivity contribution in [1.82, 2.24) is 0 Å². The van der Waals surface area contributed by atoms with Crippen molar-refractivity contribution in [3.63, 3.8) is 0 Å². The minimum atomic E-state index is -3.55. The maximum atomic E-state index is 11.7. The summed E-state index contributed by atoms with van der Waals surface area (Å²) in [5.41, 5.74) is -3.40. The van der Waals surface area contributed by atoms with E-state index in [-0.39, 0.29) is 5.56 Å². The van der Waals surface area contributed by atoms with Gasteiger partial charge in [-0.05, 0) is 23.8 Å². The number of phenolic OH excluding ortho intramolecular Hbond substituents is 2. The third-order valence-electron chi connectivity index (χ3n) is 2.76. The average Bonchev–Trinajstić information content (AvgIpc) is 2.45. The minimum Gasteiger partial charge on any atom is -0.504 e. The van der Waals surface area contributed by atoms with Crippen LogP contribution in [0.5, 0.6) is 11.5 Å². The molecular weight excluding hydrogens is 300 g/mol. The minimum absolute atomic E-state index is 0.154. The van der Waals surface area contributed by atoms with Gasteiger partial charge in [0.05, 0.1) is 0 Å². The van der Waals surface area contributed by atoms with Crippen LogP contribution in [-0.2, 0) is 14.4 Å². The number of aliphatic hydroxyl groups is 2. The highest BCUT2D eigenvalue weighted by atomic mass is 16.4. The van der Waals surface area contributed by atoms with Gasteiger partial charge in [0, 0.05) is 0 Å². The molecule has 0 amide bonds. The molecule has 9 nitrogen and oxygen atoms in total. The predicted octanol–water partition coefficient (Wildman–Crippen LogP) is -1.06. The summed E-state index contributed by atoms with van der Waals surface area (Å²) >= 11 is 0. The predicted molar refractivity (Wildman–Crippen MR) is 70.0 cm³/mol. The van der Waals surface area contributed by atoms with Crippen LogP contribution in [0.4, 0.5) is 0 Å². The number of carboxylic acid groups (broad SMARTS) is 2. The molecule has 6 N–H and O–H groups in total. The highest BCUT2D eigenvalue weighted by molar-refractivity contribution is 6.16. The van der Waals surface area contributed by atoms with E-state index in [1.54, 1.807) is 0 Å². The van der Waals surface area contributed by atoms with Gasteiger partial charge in [-0.1, -0.05) is 12.1 Å². The monoisotopic (exact) mass is 312 g/mol. The van der Waals surface area contributed by atoms with Crippen LogP contribution in [0.1, 0.15) is 5.56 Å². The van der Waals surface area contributed by atoms with Crippen LogP contribution >= 0.6 is 0 Å². The Labute approximate surface area is 123 Å². The molecule has 22 heavy (non-hydrogen) atoms. The van der Waals surface area contributed by atoms with Gasteiger partial charge in [-0.3, -0.25) is 4.79 Å². The molecule has 0 saturated carbocycles. The summed E-state index contributed by atoms with van der Waals surface area (Å²) in [7, 11) is 0. The van der Waals surface area contributed by atoms with Crippen molar-refractivity contribution in [1.29, 1.82) is 0 Å². The Bertz CT molecular complexity index is 649. The first-order valence-electron chi connectivity index (χ1n) is 5.71. The molecule has 1 aromatic rings. The van der Waals surface area contributed by atoms with E-state index in [1.165, 1.54) is 6.07 Å². The third kappa shape index (κ3) is 3.22. The number of aliphatic hydroxyl groups excluding tert-OH is 1. The molecule has 0 aliphatic heterocycles. The lowest BCUT2D eigenvalue weighted by molar-refractivity contribution is -0.184. The van der Waals surface area contributed by atoms with Crippen molar-refractivity contribution >= 4 is 23.8 Å². The summed E-state index contributed by atoms with van der Waals surface area (Å²) in [5, 5.41) is 54.6. The zero-order chi connectivity index (χ0) is 17.1. The van der Waals surface area contributed by atoms with Crippen molar-refractivity contribution in [3.8, 4) is 11.5 Å². The molecule has 9 heteroatoms. The number of phenols is 2. The Hall–Kier alpha value is -2.91. The van der Waals surface area contributed by atoms with Gasteiger partial charge in [-0.15, -0.1) is 0 Å². The molecular formula is C13H12O9. The third-order valence-corrected chi connectivity index (χ3v) is 2.76. The summed E-state index contributed by atoms with van der Waals surface area (Å²) in [5.74, 6) is -6.83. The summed E-state index contributed by atoms with van der Waals surface area (Å²) < 4.78 is 0. The molecule has 0 aromatic heterocycles. The standard InChI is InChI=1S/C13H12O9/c14-7-3-1-6(5-8(7)15)2-4-9(16)13(22,12(20)21)10(17)11(18)19/h1-5,10,14-15,17,22H,(H,18,19)(H,20,21)/b4-2+. The summed E-state index contributed by atoms with van der Waals surface area (Å²) in [6.07, 6.45) is -1.37. The van der Waals surface area contributed by atoms with Crippen molar-refractivity contribution in [3.05, 3.63) is 29.8 Å². The summed E-state index contributed by atoms with van der Waals surface area (Å²) in [6.45, 7) is 0. The van der Waals surface area contributed by atoms with Crippen LogP contribution in [0.3, 0.4) is 0 Å². The zero-order valence-corrected chi connectivity index (χ0v) is 10.9. The van der Waals surface area contributed by atoms with Gasteiger partial charge < -0.3 is 30.6 Å². The van der Waals surface area contributed by atoms with Crippen molar-refractivity contribution in [2.24, 2.45) is 0 Å². The number of aromatic hydroxyl groups is 2. The van der Waals surface area contributed by atoms with Crippen LogP contribution in [0.15, 0.2) is 24.3 Å². The maximum absolute atomic E-state index is 11.7. The molecule has 2 unspecified atom stereocenters. The molecule has 118 valence electrons. The van der Waals surface area contributed by atoms with Crippen molar-refractivity contribution < 1.29 is 45.0 Å². The van der Waals surface area contributed by atoms with E-state index in [0.717, 1.165) is 18.2 Å². The van der Waals surface area contributed by atoms with Gasteiger partial charge in [0.1, 0.15) is 0 Å². The van der Waals surface area contributed by atoms with Crippen LogP contribution in [0.25, 0.3) is 6.08 Å². The lowest BCUT2D eigenvalue weighted by Gasteiger charge is -2.22. The van der Waals surface area contributed by atoms with E-state index in [1.807, 2.05) is 0 Å². The van der Waals surface area contributed by atoms with Crippen LogP contribution in [-0.4, -0.2) is 60.1 Å². The average molecular weight is 312 g/mol. The largest absolute Gasteiger partial charge is 0.504 e. The van der Waals surface area contributed by atoms with E-state index >= 15 is 0 Å². The molecule has 0 fully saturated rings. The quantitative estimate of drug-likeness (QED) is 0.217. The first-order chi connectivity index (χ1) is 10.1. The number of hydrogen-bond donors (Lipinski definition) is 6. The van der Waals surface area contributed by atoms with Crippen LogP contribution in [0.2, 0.25) is 0 Å². The number of rotatable bonds is 6. The van der Waals surface area contributed by atoms with Gasteiger partial charge in [0.2, 0.25) is 5.78 Å². The lowest BCUT2D eigenvalue weighted by Crippen LogP contribution is -2.58. The molecule has 0 aliphatic carbocycles. The van der Waals surface area contributed by atoms with Gasteiger partial charge in [0.15, 0.2) is 17.6 Å². The fourth-order valence-electron chi connectivity index (χ4n) is 1.48. The van der Waals surface area contributed by atoms with Gasteiger partial charge >= 0.3 is 11.9 Å². The van der Waals surface area contributed by atoms with Crippen LogP contribution in [0, 0.1) is 0 Å². The highest BCUT2D eigenvalue weighted by Crippen LogP contribution is 2.25. The Morgan fingerprint density at radius 1 is 1.09 bits per heavy atom. The Morgan fingerprint density at radius 2 is 1.68 bits per heavy atom. The molecule has 1 aromatic carbocycles.